The summed E-state index contributed by atoms with van der Waals surface area (Å²) in [4.78, 5) is 36.8. The molecular formula is C6H18N2O6P2. The lowest BCUT2D eigenvalue weighted by molar-refractivity contribution is 0.312. The van der Waals surface area contributed by atoms with Gasteiger partial charge in [0, 0.05) is 19.3 Å². The Morgan fingerprint density at radius 2 is 1.62 bits per heavy atom. The van der Waals surface area contributed by atoms with Crippen molar-refractivity contribution in [1.29, 1.82) is 0 Å². The predicted octanol–water partition coefficient (Wildman–Crippen LogP) is -0.0743. The molecule has 1 atom stereocenters. The van der Waals surface area contributed by atoms with E-state index in [4.69, 9.17) is 19.6 Å². The van der Waals surface area contributed by atoms with Crippen molar-refractivity contribution in [2.45, 2.75) is 18.6 Å². The largest absolute Gasteiger partial charge is 0.344 e. The van der Waals surface area contributed by atoms with E-state index in [-0.39, 0.29) is 25.2 Å². The molecule has 0 amide bonds. The number of rotatable bonds is 6. The molecule has 10 heteroatoms. The van der Waals surface area contributed by atoms with E-state index in [1.165, 1.54) is 0 Å². The molecular weight excluding hydrogens is 258 g/mol. The number of hydrogen-bond acceptors (Lipinski definition) is 4. The van der Waals surface area contributed by atoms with E-state index in [0.717, 1.165) is 0 Å². The minimum atomic E-state index is -4.18. The second kappa shape index (κ2) is 5.71. The van der Waals surface area contributed by atoms with Crippen LogP contribution >= 0.6 is 15.2 Å². The molecule has 1 aliphatic rings. The fraction of sp³-hybridized carbons (Fsp3) is 1.00. The predicted molar refractivity (Wildman–Crippen MR) is 58.6 cm³/mol. The zero-order chi connectivity index (χ0) is 11.7. The van der Waals surface area contributed by atoms with Crippen LogP contribution in [0.4, 0.5) is 0 Å². The molecule has 0 radical (unpaired) electrons. The molecule has 1 rings (SSSR count). The van der Waals surface area contributed by atoms with Crippen LogP contribution in [-0.4, -0.2) is 49.5 Å². The lowest BCUT2D eigenvalue weighted by atomic mass is 10.3. The molecule has 1 saturated heterocycles. The number of nitrogens with zero attached hydrogens (tertiary/aromatic N) is 1. The van der Waals surface area contributed by atoms with Crippen molar-refractivity contribution >= 4 is 15.2 Å². The summed E-state index contributed by atoms with van der Waals surface area (Å²) in [6.45, 7) is 1.29. The van der Waals surface area contributed by atoms with Crippen LogP contribution < -0.4 is 6.15 Å². The van der Waals surface area contributed by atoms with Crippen LogP contribution in [0.15, 0.2) is 0 Å². The molecule has 1 aliphatic heterocycles. The van der Waals surface area contributed by atoms with Crippen LogP contribution in [-0.2, 0) is 9.13 Å². The average molecular weight is 276 g/mol. The van der Waals surface area contributed by atoms with Crippen LogP contribution in [0.1, 0.15) is 12.8 Å². The molecule has 1 heterocycles. The topological polar surface area (TPSA) is 153 Å². The maximum Gasteiger partial charge on any atom is 0.342 e. The normalized spacial score (nSPS) is 19.0. The molecule has 0 aromatic carbocycles. The van der Waals surface area contributed by atoms with Crippen molar-refractivity contribution in [1.82, 2.24) is 11.1 Å². The fourth-order valence-electron chi connectivity index (χ4n) is 1.40. The van der Waals surface area contributed by atoms with Crippen molar-refractivity contribution in [2.24, 2.45) is 0 Å². The minimum Gasteiger partial charge on any atom is -0.344 e. The zero-order valence-electron chi connectivity index (χ0n) is 8.77. The van der Waals surface area contributed by atoms with Gasteiger partial charge in [-0.15, -0.1) is 0 Å². The first-order valence-electron chi connectivity index (χ1n) is 4.54. The summed E-state index contributed by atoms with van der Waals surface area (Å²) < 4.78 is 21.6. The molecule has 16 heavy (non-hydrogen) atoms. The third-order valence-electron chi connectivity index (χ3n) is 2.20. The zero-order valence-corrected chi connectivity index (χ0v) is 10.6. The van der Waals surface area contributed by atoms with Gasteiger partial charge in [-0.2, -0.15) is 0 Å². The highest BCUT2D eigenvalue weighted by molar-refractivity contribution is 7.52. The minimum absolute atomic E-state index is 0. The molecule has 0 saturated carbocycles. The second-order valence-electron chi connectivity index (χ2n) is 3.64. The van der Waals surface area contributed by atoms with E-state index in [0.29, 0.717) is 13.1 Å². The summed E-state index contributed by atoms with van der Waals surface area (Å²) in [5, 5.41) is 0. The van der Waals surface area contributed by atoms with E-state index < -0.39 is 21.0 Å². The van der Waals surface area contributed by atoms with Crippen LogP contribution in [0.3, 0.4) is 0 Å². The van der Waals surface area contributed by atoms with E-state index in [1.807, 2.05) is 0 Å². The lowest BCUT2D eigenvalue weighted by Crippen LogP contribution is -2.19. The van der Waals surface area contributed by atoms with Gasteiger partial charge in [0.1, 0.15) is 5.78 Å². The van der Waals surface area contributed by atoms with Crippen molar-refractivity contribution in [3.05, 3.63) is 0 Å². The van der Waals surface area contributed by atoms with Crippen LogP contribution in [0, 0.1) is 0 Å². The van der Waals surface area contributed by atoms with Gasteiger partial charge in [-0.25, -0.2) is 0 Å². The van der Waals surface area contributed by atoms with Gasteiger partial charge in [0.15, 0.2) is 0 Å². The lowest BCUT2D eigenvalue weighted by Gasteiger charge is -2.19. The van der Waals surface area contributed by atoms with Gasteiger partial charge in [0.2, 0.25) is 0 Å². The molecule has 0 aromatic heterocycles. The van der Waals surface area contributed by atoms with Crippen molar-refractivity contribution in [3.8, 4) is 0 Å². The highest BCUT2D eigenvalue weighted by Gasteiger charge is 2.39. The first kappa shape index (κ1) is 16.2. The second-order valence-corrected chi connectivity index (χ2v) is 7.19. The molecule has 1 fully saturated rings. The van der Waals surface area contributed by atoms with E-state index >= 15 is 0 Å². The van der Waals surface area contributed by atoms with E-state index in [2.05, 4.69) is 0 Å². The molecule has 0 aromatic rings. The standard InChI is InChI=1S/C6H15NO6P2.H3N/c8-14(9,10)5-1-2-6(7-3-4-7)15(11,12)13;/h6H,1-5H2,(H2,8,9,10)(H2,11,12,13);1H3. The van der Waals surface area contributed by atoms with Gasteiger partial charge in [-0.1, -0.05) is 0 Å². The Bertz CT molecular complexity index is 308. The highest BCUT2D eigenvalue weighted by Crippen LogP contribution is 2.48. The molecule has 8 nitrogen and oxygen atoms in total. The smallest absolute Gasteiger partial charge is 0.342 e. The number of hydrogen-bond donors (Lipinski definition) is 5. The molecule has 0 aliphatic carbocycles. The van der Waals surface area contributed by atoms with Crippen LogP contribution in [0.25, 0.3) is 0 Å². The summed E-state index contributed by atoms with van der Waals surface area (Å²) in [7, 11) is -8.23. The Morgan fingerprint density at radius 3 is 1.94 bits per heavy atom. The third kappa shape index (κ3) is 6.08. The first-order chi connectivity index (χ1) is 6.70. The third-order valence-corrected chi connectivity index (χ3v) is 4.46. The van der Waals surface area contributed by atoms with Crippen molar-refractivity contribution in [2.75, 3.05) is 19.3 Å². The summed E-state index contributed by atoms with van der Waals surface area (Å²) in [5.74, 6) is -0.871. The van der Waals surface area contributed by atoms with E-state index in [1.54, 1.807) is 4.90 Å². The van der Waals surface area contributed by atoms with E-state index in [9.17, 15) is 9.13 Å². The molecule has 0 spiro atoms. The summed E-state index contributed by atoms with van der Waals surface area (Å²) >= 11 is 0. The van der Waals surface area contributed by atoms with Crippen LogP contribution in [0.2, 0.25) is 0 Å². The summed E-state index contributed by atoms with van der Waals surface area (Å²) in [5.41, 5.74) is 0. The SMILES string of the molecule is N.O=P(O)(O)CCCC(N1CC1)P(=O)(O)O. The quantitative estimate of drug-likeness (QED) is 0.333. The monoisotopic (exact) mass is 276 g/mol. The Hall–Kier alpha value is 0.220. The van der Waals surface area contributed by atoms with Gasteiger partial charge in [0.05, 0.1) is 0 Å². The fourth-order valence-corrected chi connectivity index (χ4v) is 3.17. The Kier molecular flexibility index (Phi) is 5.79. The molecule has 7 N–H and O–H groups in total. The summed E-state index contributed by atoms with van der Waals surface area (Å²) in [6.07, 6.45) is -0.0801. The summed E-state index contributed by atoms with van der Waals surface area (Å²) in [6, 6.07) is 0. The van der Waals surface area contributed by atoms with Gasteiger partial charge in [0.25, 0.3) is 0 Å². The first-order valence-corrected chi connectivity index (χ1v) is 8.02. The average Bonchev–Trinajstić information content (AvgIpc) is 2.75. The molecule has 1 unspecified atom stereocenters. The van der Waals surface area contributed by atoms with Gasteiger partial charge in [-0.05, 0) is 12.8 Å². The molecule has 0 bridgehead atoms. The maximum absolute atomic E-state index is 11.0. The van der Waals surface area contributed by atoms with Crippen molar-refractivity contribution in [3.63, 3.8) is 0 Å². The van der Waals surface area contributed by atoms with Crippen LogP contribution in [0.5, 0.6) is 0 Å². The van der Waals surface area contributed by atoms with Gasteiger partial charge >= 0.3 is 15.2 Å². The van der Waals surface area contributed by atoms with Gasteiger partial charge < -0.3 is 25.7 Å². The van der Waals surface area contributed by atoms with Gasteiger partial charge in [-0.3, -0.25) is 14.0 Å². The Balaban J connectivity index is 0.00000225. The Labute approximate surface area is 93.6 Å². The maximum atomic E-state index is 11.0. The molecule has 98 valence electrons. The highest BCUT2D eigenvalue weighted by atomic mass is 31.2. The Morgan fingerprint density at radius 1 is 1.12 bits per heavy atom. The van der Waals surface area contributed by atoms with Crippen molar-refractivity contribution < 1.29 is 28.7 Å².